The molecule has 128 valence electrons. The molecule has 0 radical (unpaired) electrons. The van der Waals surface area contributed by atoms with Gasteiger partial charge >= 0.3 is 0 Å². The Hall–Kier alpha value is -2.51. The number of nitrogens with one attached hydrogen (secondary N) is 1. The zero-order valence-electron chi connectivity index (χ0n) is 13.4. The molecule has 4 rings (SSSR count). The van der Waals surface area contributed by atoms with Crippen molar-refractivity contribution in [3.63, 3.8) is 0 Å². The highest BCUT2D eigenvalue weighted by Crippen LogP contribution is 2.22. The van der Waals surface area contributed by atoms with Gasteiger partial charge in [-0.25, -0.2) is 0 Å². The Bertz CT molecular complexity index is 829. The number of anilines is 1. The van der Waals surface area contributed by atoms with E-state index < -0.39 is 0 Å². The van der Waals surface area contributed by atoms with Crippen molar-refractivity contribution in [1.82, 2.24) is 20.3 Å². The molecule has 1 saturated heterocycles. The van der Waals surface area contributed by atoms with Crippen LogP contribution in [0.25, 0.3) is 23.0 Å². The van der Waals surface area contributed by atoms with E-state index in [0.29, 0.717) is 28.2 Å². The van der Waals surface area contributed by atoms with Crippen molar-refractivity contribution in [3.8, 4) is 23.0 Å². The maximum atomic E-state index is 5.89. The topological polar surface area (TPSA) is 86.0 Å². The fraction of sp³-hybridized carbons (Fsp3) is 0.294. The standard InChI is InChI=1S/C17H16ClN5O2/c18-12-5-3-11(4-6-12)16-20-17(25-23-16)14-7-8-15(22-21-14)19-10-13-2-1-9-24-13/h3-8,13H,1-2,9-10H2,(H,19,22)/t13-/m1/s1. The molecule has 1 aliphatic rings. The van der Waals surface area contributed by atoms with E-state index in [0.717, 1.165) is 31.6 Å². The summed E-state index contributed by atoms with van der Waals surface area (Å²) in [6, 6.07) is 10.9. The lowest BCUT2D eigenvalue weighted by Gasteiger charge is -2.10. The van der Waals surface area contributed by atoms with Crippen LogP contribution in [-0.2, 0) is 4.74 Å². The summed E-state index contributed by atoms with van der Waals surface area (Å²) in [5.41, 5.74) is 1.34. The van der Waals surface area contributed by atoms with Gasteiger partial charge in [-0.2, -0.15) is 4.98 Å². The highest BCUT2D eigenvalue weighted by molar-refractivity contribution is 6.30. The van der Waals surface area contributed by atoms with Gasteiger partial charge in [-0.1, -0.05) is 16.8 Å². The summed E-state index contributed by atoms with van der Waals surface area (Å²) in [6.45, 7) is 1.57. The molecule has 0 amide bonds. The van der Waals surface area contributed by atoms with Gasteiger partial charge in [0.15, 0.2) is 5.69 Å². The van der Waals surface area contributed by atoms with Crippen molar-refractivity contribution in [3.05, 3.63) is 41.4 Å². The van der Waals surface area contributed by atoms with Gasteiger partial charge in [-0.15, -0.1) is 10.2 Å². The SMILES string of the molecule is Clc1ccc(-c2noc(-c3ccc(NC[C@H]4CCCO4)nn3)n2)cc1. The zero-order chi connectivity index (χ0) is 17.1. The van der Waals surface area contributed by atoms with Crippen LogP contribution in [0.2, 0.25) is 5.02 Å². The monoisotopic (exact) mass is 357 g/mol. The average Bonchev–Trinajstić information content (AvgIpc) is 3.33. The molecular weight excluding hydrogens is 342 g/mol. The lowest BCUT2D eigenvalue weighted by molar-refractivity contribution is 0.120. The molecule has 25 heavy (non-hydrogen) atoms. The first-order valence-corrected chi connectivity index (χ1v) is 8.45. The third kappa shape index (κ3) is 3.78. The van der Waals surface area contributed by atoms with Crippen LogP contribution in [-0.4, -0.2) is 39.6 Å². The number of rotatable bonds is 5. The van der Waals surface area contributed by atoms with Gasteiger partial charge in [-0.05, 0) is 49.2 Å². The van der Waals surface area contributed by atoms with Gasteiger partial charge in [-0.3, -0.25) is 0 Å². The normalized spacial score (nSPS) is 16.9. The second kappa shape index (κ2) is 7.16. The fourth-order valence-corrected chi connectivity index (χ4v) is 2.73. The third-order valence-electron chi connectivity index (χ3n) is 3.95. The average molecular weight is 358 g/mol. The Balaban J connectivity index is 1.44. The number of halogens is 1. The van der Waals surface area contributed by atoms with Crippen molar-refractivity contribution in [2.45, 2.75) is 18.9 Å². The molecule has 0 spiro atoms. The first-order chi connectivity index (χ1) is 12.3. The van der Waals surface area contributed by atoms with Gasteiger partial charge in [0, 0.05) is 23.7 Å². The van der Waals surface area contributed by atoms with E-state index in [2.05, 4.69) is 25.7 Å². The molecule has 0 aliphatic carbocycles. The van der Waals surface area contributed by atoms with Crippen LogP contribution < -0.4 is 5.32 Å². The number of hydrogen-bond donors (Lipinski definition) is 1. The van der Waals surface area contributed by atoms with Crippen LogP contribution in [0.3, 0.4) is 0 Å². The zero-order valence-corrected chi connectivity index (χ0v) is 14.1. The Labute approximate surface area is 149 Å². The number of hydrogen-bond acceptors (Lipinski definition) is 7. The summed E-state index contributed by atoms with van der Waals surface area (Å²) in [5.74, 6) is 1.49. The predicted molar refractivity (Wildman–Crippen MR) is 93.2 cm³/mol. The molecule has 0 unspecified atom stereocenters. The molecular formula is C17H16ClN5O2. The van der Waals surface area contributed by atoms with Crippen LogP contribution in [0.15, 0.2) is 40.9 Å². The second-order valence-corrected chi connectivity index (χ2v) is 6.19. The van der Waals surface area contributed by atoms with Crippen LogP contribution >= 0.6 is 11.6 Å². The highest BCUT2D eigenvalue weighted by Gasteiger charge is 2.16. The van der Waals surface area contributed by atoms with E-state index >= 15 is 0 Å². The molecule has 1 aliphatic heterocycles. The van der Waals surface area contributed by atoms with E-state index in [9.17, 15) is 0 Å². The van der Waals surface area contributed by atoms with Crippen LogP contribution in [0.4, 0.5) is 5.82 Å². The molecule has 1 N–H and O–H groups in total. The quantitative estimate of drug-likeness (QED) is 0.748. The van der Waals surface area contributed by atoms with E-state index in [4.69, 9.17) is 20.9 Å². The maximum absolute atomic E-state index is 5.89. The van der Waals surface area contributed by atoms with Crippen LogP contribution in [0, 0.1) is 0 Å². The van der Waals surface area contributed by atoms with Crippen LogP contribution in [0.1, 0.15) is 12.8 Å². The Morgan fingerprint density at radius 3 is 2.72 bits per heavy atom. The highest BCUT2D eigenvalue weighted by atomic mass is 35.5. The summed E-state index contributed by atoms with van der Waals surface area (Å²) < 4.78 is 10.8. The molecule has 3 heterocycles. The first-order valence-electron chi connectivity index (χ1n) is 8.07. The van der Waals surface area contributed by atoms with E-state index in [-0.39, 0.29) is 6.10 Å². The van der Waals surface area contributed by atoms with Gasteiger partial charge < -0.3 is 14.6 Å². The first kappa shape index (κ1) is 16.0. The number of aromatic nitrogens is 4. The summed E-state index contributed by atoms with van der Waals surface area (Å²) >= 11 is 5.89. The van der Waals surface area contributed by atoms with E-state index in [1.54, 1.807) is 18.2 Å². The van der Waals surface area contributed by atoms with Gasteiger partial charge in [0.2, 0.25) is 5.82 Å². The minimum Gasteiger partial charge on any atom is -0.376 e. The van der Waals surface area contributed by atoms with E-state index in [1.165, 1.54) is 0 Å². The predicted octanol–water partition coefficient (Wildman–Crippen LogP) is 3.44. The summed E-state index contributed by atoms with van der Waals surface area (Å²) in [6.07, 6.45) is 2.44. The van der Waals surface area contributed by atoms with Gasteiger partial charge in [0.05, 0.1) is 6.10 Å². The van der Waals surface area contributed by atoms with E-state index in [1.807, 2.05) is 18.2 Å². The largest absolute Gasteiger partial charge is 0.376 e. The fourth-order valence-electron chi connectivity index (χ4n) is 2.61. The van der Waals surface area contributed by atoms with Gasteiger partial charge in [0.1, 0.15) is 5.82 Å². The molecule has 0 bridgehead atoms. The molecule has 1 fully saturated rings. The Morgan fingerprint density at radius 1 is 1.12 bits per heavy atom. The Kier molecular flexibility index (Phi) is 4.58. The maximum Gasteiger partial charge on any atom is 0.278 e. The summed E-state index contributed by atoms with van der Waals surface area (Å²) in [4.78, 5) is 4.36. The van der Waals surface area contributed by atoms with Crippen molar-refractivity contribution < 1.29 is 9.26 Å². The molecule has 1 aromatic carbocycles. The molecule has 2 aromatic heterocycles. The summed E-state index contributed by atoms with van der Waals surface area (Å²) in [7, 11) is 0. The molecule has 7 nitrogen and oxygen atoms in total. The number of benzene rings is 1. The summed E-state index contributed by atoms with van der Waals surface area (Å²) in [5, 5.41) is 16.1. The minimum atomic E-state index is 0.249. The molecule has 3 aromatic rings. The second-order valence-electron chi connectivity index (χ2n) is 5.75. The van der Waals surface area contributed by atoms with Gasteiger partial charge in [0.25, 0.3) is 5.89 Å². The van der Waals surface area contributed by atoms with Crippen LogP contribution in [0.5, 0.6) is 0 Å². The molecule has 1 atom stereocenters. The molecule has 0 saturated carbocycles. The lowest BCUT2D eigenvalue weighted by Crippen LogP contribution is -2.19. The Morgan fingerprint density at radius 2 is 2.00 bits per heavy atom. The van der Waals surface area contributed by atoms with Crippen molar-refractivity contribution in [1.29, 1.82) is 0 Å². The third-order valence-corrected chi connectivity index (χ3v) is 4.20. The van der Waals surface area contributed by atoms with Crippen molar-refractivity contribution in [2.75, 3.05) is 18.5 Å². The number of ether oxygens (including phenoxy) is 1. The van der Waals surface area contributed by atoms with Crippen molar-refractivity contribution in [2.24, 2.45) is 0 Å². The van der Waals surface area contributed by atoms with Crippen molar-refractivity contribution >= 4 is 17.4 Å². The number of nitrogens with zero attached hydrogens (tertiary/aromatic N) is 4. The minimum absolute atomic E-state index is 0.249. The molecule has 8 heteroatoms. The smallest absolute Gasteiger partial charge is 0.278 e. The lowest BCUT2D eigenvalue weighted by atomic mass is 10.2.